The van der Waals surface area contributed by atoms with Crippen molar-refractivity contribution in [2.45, 2.75) is 32.0 Å². The summed E-state index contributed by atoms with van der Waals surface area (Å²) in [6.45, 7) is 4.61. The Balaban J connectivity index is 1.73. The monoisotopic (exact) mass is 265 g/mol. The average molecular weight is 265 g/mol. The molecule has 1 aliphatic heterocycles. The lowest BCUT2D eigenvalue weighted by Crippen LogP contribution is -2.41. The number of β-amino-alcohol motifs (C(OH)–C–C–N with tert-alkyl or cyclic N) is 1. The molecule has 1 unspecified atom stereocenters. The fourth-order valence-electron chi connectivity index (χ4n) is 2.36. The van der Waals surface area contributed by atoms with Crippen molar-refractivity contribution in [2.24, 2.45) is 0 Å². The highest BCUT2D eigenvalue weighted by Gasteiger charge is 2.19. The molecule has 0 aromatic heterocycles. The summed E-state index contributed by atoms with van der Waals surface area (Å²) in [5, 5.41) is 19.4. The van der Waals surface area contributed by atoms with Crippen LogP contribution in [-0.4, -0.2) is 53.6 Å². The number of ether oxygens (including phenoxy) is 1. The van der Waals surface area contributed by atoms with Crippen LogP contribution in [0, 0.1) is 6.92 Å². The largest absolute Gasteiger partial charge is 0.491 e. The maximum Gasteiger partial charge on any atom is 0.122 e. The quantitative estimate of drug-likeness (QED) is 0.840. The molecule has 106 valence electrons. The van der Waals surface area contributed by atoms with Gasteiger partial charge in [-0.15, -0.1) is 0 Å². The molecule has 2 N–H and O–H groups in total. The molecule has 1 atom stereocenters. The summed E-state index contributed by atoms with van der Waals surface area (Å²) < 4.78 is 5.64. The maximum absolute atomic E-state index is 9.99. The molecule has 1 aromatic rings. The smallest absolute Gasteiger partial charge is 0.122 e. The van der Waals surface area contributed by atoms with E-state index in [4.69, 9.17) is 4.74 Å². The van der Waals surface area contributed by atoms with Crippen molar-refractivity contribution < 1.29 is 14.9 Å². The van der Waals surface area contributed by atoms with Gasteiger partial charge in [0.05, 0.1) is 6.10 Å². The standard InChI is InChI=1S/C15H23NO3/c1-12-4-2-3-5-15(12)19-11-14(18)10-16-8-6-13(17)7-9-16/h2-5,13-14,17-18H,6-11H2,1H3. The van der Waals surface area contributed by atoms with Gasteiger partial charge in [0.15, 0.2) is 0 Å². The zero-order chi connectivity index (χ0) is 13.7. The highest BCUT2D eigenvalue weighted by molar-refractivity contribution is 5.31. The van der Waals surface area contributed by atoms with Crippen LogP contribution in [0.3, 0.4) is 0 Å². The van der Waals surface area contributed by atoms with E-state index in [1.807, 2.05) is 31.2 Å². The lowest BCUT2D eigenvalue weighted by Gasteiger charge is -2.30. The van der Waals surface area contributed by atoms with Crippen molar-refractivity contribution in [1.29, 1.82) is 0 Å². The van der Waals surface area contributed by atoms with E-state index in [9.17, 15) is 10.2 Å². The molecule has 19 heavy (non-hydrogen) atoms. The van der Waals surface area contributed by atoms with Crippen LogP contribution in [0.5, 0.6) is 5.75 Å². The lowest BCUT2D eigenvalue weighted by atomic mass is 10.1. The number of rotatable bonds is 5. The molecule has 4 nitrogen and oxygen atoms in total. The summed E-state index contributed by atoms with van der Waals surface area (Å²) in [6, 6.07) is 7.81. The topological polar surface area (TPSA) is 52.9 Å². The molecule has 0 bridgehead atoms. The number of hydrogen-bond acceptors (Lipinski definition) is 4. The van der Waals surface area contributed by atoms with Crippen LogP contribution in [0.25, 0.3) is 0 Å². The highest BCUT2D eigenvalue weighted by Crippen LogP contribution is 2.16. The van der Waals surface area contributed by atoms with Gasteiger partial charge in [0.2, 0.25) is 0 Å². The molecule has 0 saturated carbocycles. The average Bonchev–Trinajstić information content (AvgIpc) is 2.40. The van der Waals surface area contributed by atoms with Crippen molar-refractivity contribution in [3.63, 3.8) is 0 Å². The number of aliphatic hydroxyl groups is 2. The van der Waals surface area contributed by atoms with E-state index in [0.717, 1.165) is 37.2 Å². The molecular weight excluding hydrogens is 242 g/mol. The zero-order valence-electron chi connectivity index (χ0n) is 11.5. The first-order valence-corrected chi connectivity index (χ1v) is 6.92. The molecule has 0 radical (unpaired) electrons. The van der Waals surface area contributed by atoms with Crippen molar-refractivity contribution >= 4 is 0 Å². The number of para-hydroxylation sites is 1. The Kier molecular flexibility index (Phi) is 5.19. The third kappa shape index (κ3) is 4.49. The van der Waals surface area contributed by atoms with Gasteiger partial charge in [0, 0.05) is 19.6 Å². The molecule has 4 heteroatoms. The van der Waals surface area contributed by atoms with Crippen LogP contribution < -0.4 is 4.74 Å². The third-order valence-electron chi connectivity index (χ3n) is 3.55. The predicted octanol–water partition coefficient (Wildman–Crippen LogP) is 1.19. The van der Waals surface area contributed by atoms with Crippen molar-refractivity contribution in [1.82, 2.24) is 4.90 Å². The second kappa shape index (κ2) is 6.89. The number of aryl methyl sites for hydroxylation is 1. The third-order valence-corrected chi connectivity index (χ3v) is 3.55. The van der Waals surface area contributed by atoms with E-state index in [-0.39, 0.29) is 6.10 Å². The van der Waals surface area contributed by atoms with Gasteiger partial charge in [-0.05, 0) is 31.4 Å². The van der Waals surface area contributed by atoms with Gasteiger partial charge < -0.3 is 19.8 Å². The Labute approximate surface area is 114 Å². The Morgan fingerprint density at radius 1 is 1.32 bits per heavy atom. The maximum atomic E-state index is 9.99. The van der Waals surface area contributed by atoms with Crippen LogP contribution in [-0.2, 0) is 0 Å². The van der Waals surface area contributed by atoms with Crippen LogP contribution in [0.15, 0.2) is 24.3 Å². The first-order chi connectivity index (χ1) is 9.15. The zero-order valence-corrected chi connectivity index (χ0v) is 11.5. The van der Waals surface area contributed by atoms with E-state index in [0.29, 0.717) is 13.2 Å². The van der Waals surface area contributed by atoms with Crippen LogP contribution >= 0.6 is 0 Å². The molecule has 1 saturated heterocycles. The molecule has 2 rings (SSSR count). The summed E-state index contributed by atoms with van der Waals surface area (Å²) in [5.41, 5.74) is 1.08. The van der Waals surface area contributed by atoms with Gasteiger partial charge in [-0.1, -0.05) is 18.2 Å². The van der Waals surface area contributed by atoms with E-state index >= 15 is 0 Å². The highest BCUT2D eigenvalue weighted by atomic mass is 16.5. The SMILES string of the molecule is Cc1ccccc1OCC(O)CN1CCC(O)CC1. The van der Waals surface area contributed by atoms with E-state index in [2.05, 4.69) is 4.90 Å². The minimum atomic E-state index is -0.491. The van der Waals surface area contributed by atoms with Crippen molar-refractivity contribution in [3.05, 3.63) is 29.8 Å². The molecular formula is C15H23NO3. The van der Waals surface area contributed by atoms with Crippen LogP contribution in [0.1, 0.15) is 18.4 Å². The first-order valence-electron chi connectivity index (χ1n) is 6.92. The number of hydrogen-bond donors (Lipinski definition) is 2. The molecule has 0 amide bonds. The van der Waals surface area contributed by atoms with Gasteiger partial charge in [0.25, 0.3) is 0 Å². The van der Waals surface area contributed by atoms with Gasteiger partial charge in [-0.2, -0.15) is 0 Å². The lowest BCUT2D eigenvalue weighted by molar-refractivity contribution is 0.0336. The molecule has 1 aliphatic rings. The minimum absolute atomic E-state index is 0.170. The molecule has 1 heterocycles. The number of benzene rings is 1. The Morgan fingerprint density at radius 2 is 2.00 bits per heavy atom. The molecule has 0 spiro atoms. The fraction of sp³-hybridized carbons (Fsp3) is 0.600. The van der Waals surface area contributed by atoms with E-state index in [1.165, 1.54) is 0 Å². The minimum Gasteiger partial charge on any atom is -0.491 e. The summed E-state index contributed by atoms with van der Waals surface area (Å²) in [4.78, 5) is 2.18. The van der Waals surface area contributed by atoms with Crippen LogP contribution in [0.2, 0.25) is 0 Å². The number of aliphatic hydroxyl groups excluding tert-OH is 2. The van der Waals surface area contributed by atoms with Gasteiger partial charge in [-0.3, -0.25) is 0 Å². The number of piperidine rings is 1. The van der Waals surface area contributed by atoms with Crippen molar-refractivity contribution in [2.75, 3.05) is 26.2 Å². The predicted molar refractivity (Wildman–Crippen MR) is 74.4 cm³/mol. The molecule has 0 aliphatic carbocycles. The number of likely N-dealkylation sites (tertiary alicyclic amines) is 1. The van der Waals surface area contributed by atoms with E-state index < -0.39 is 6.10 Å². The second-order valence-corrected chi connectivity index (χ2v) is 5.26. The summed E-state index contributed by atoms with van der Waals surface area (Å²) in [7, 11) is 0. The summed E-state index contributed by atoms with van der Waals surface area (Å²) in [6.07, 6.45) is 0.933. The molecule has 1 aromatic carbocycles. The summed E-state index contributed by atoms with van der Waals surface area (Å²) in [5.74, 6) is 0.829. The summed E-state index contributed by atoms with van der Waals surface area (Å²) >= 11 is 0. The van der Waals surface area contributed by atoms with Crippen LogP contribution in [0.4, 0.5) is 0 Å². The Hall–Kier alpha value is -1.10. The van der Waals surface area contributed by atoms with Gasteiger partial charge in [0.1, 0.15) is 18.5 Å². The normalized spacial score (nSPS) is 19.3. The Bertz CT molecular complexity index is 389. The van der Waals surface area contributed by atoms with E-state index in [1.54, 1.807) is 0 Å². The van der Waals surface area contributed by atoms with Gasteiger partial charge >= 0.3 is 0 Å². The fourth-order valence-corrected chi connectivity index (χ4v) is 2.36. The second-order valence-electron chi connectivity index (χ2n) is 5.26. The molecule has 1 fully saturated rings. The van der Waals surface area contributed by atoms with Crippen molar-refractivity contribution in [3.8, 4) is 5.75 Å². The number of nitrogens with zero attached hydrogens (tertiary/aromatic N) is 1. The first kappa shape index (κ1) is 14.3. The Morgan fingerprint density at radius 3 is 2.68 bits per heavy atom. The van der Waals surface area contributed by atoms with Gasteiger partial charge in [-0.25, -0.2) is 0 Å².